The predicted molar refractivity (Wildman–Crippen MR) is 61.6 cm³/mol. The number of carboxylic acids is 1. The van der Waals surface area contributed by atoms with E-state index in [0.29, 0.717) is 24.6 Å². The van der Waals surface area contributed by atoms with Crippen molar-refractivity contribution in [1.82, 2.24) is 14.9 Å². The number of nitrogens with zero attached hydrogens (tertiary/aromatic N) is 2. The summed E-state index contributed by atoms with van der Waals surface area (Å²) in [6.45, 7) is 6.85. The van der Waals surface area contributed by atoms with Crippen LogP contribution < -0.4 is 0 Å². The standard InChI is InChI=1S/C10H16ClN3O2/c1-4-14(5-2)8(10(15)16)7-9(11)13-6(3)12-7/h8H,4-5H2,1-3H3,(H,12,13)(H,15,16). The highest BCUT2D eigenvalue weighted by atomic mass is 35.5. The Kier molecular flexibility index (Phi) is 4.32. The number of nitrogens with one attached hydrogen (secondary N) is 1. The van der Waals surface area contributed by atoms with Crippen molar-refractivity contribution < 1.29 is 9.90 Å². The Balaban J connectivity index is 3.11. The van der Waals surface area contributed by atoms with Gasteiger partial charge >= 0.3 is 5.97 Å². The Bertz CT molecular complexity index is 374. The van der Waals surface area contributed by atoms with E-state index < -0.39 is 12.0 Å². The highest BCUT2D eigenvalue weighted by Crippen LogP contribution is 2.25. The normalized spacial score (nSPS) is 13.1. The van der Waals surface area contributed by atoms with Crippen LogP contribution in [0.3, 0.4) is 0 Å². The SMILES string of the molecule is CCN(CC)C(C(=O)O)c1[nH]c(C)nc1Cl. The van der Waals surface area contributed by atoms with Crippen molar-refractivity contribution in [3.8, 4) is 0 Å². The molecular formula is C10H16ClN3O2. The predicted octanol–water partition coefficient (Wildman–Crippen LogP) is 1.84. The molecule has 0 aliphatic heterocycles. The van der Waals surface area contributed by atoms with Gasteiger partial charge in [-0.05, 0) is 20.0 Å². The summed E-state index contributed by atoms with van der Waals surface area (Å²) in [6, 6.07) is -0.760. The molecule has 2 N–H and O–H groups in total. The van der Waals surface area contributed by atoms with Gasteiger partial charge in [0.2, 0.25) is 0 Å². The molecule has 1 unspecified atom stereocenters. The molecule has 1 aromatic heterocycles. The molecule has 0 aliphatic carbocycles. The van der Waals surface area contributed by atoms with Gasteiger partial charge in [-0.1, -0.05) is 25.4 Å². The second kappa shape index (κ2) is 5.32. The molecule has 0 spiro atoms. The van der Waals surface area contributed by atoms with Crippen molar-refractivity contribution in [2.45, 2.75) is 26.8 Å². The van der Waals surface area contributed by atoms with Crippen LogP contribution in [0.2, 0.25) is 5.15 Å². The second-order valence-electron chi connectivity index (χ2n) is 3.49. The minimum Gasteiger partial charge on any atom is -0.480 e. The summed E-state index contributed by atoms with van der Waals surface area (Å²) < 4.78 is 0. The van der Waals surface area contributed by atoms with Crippen molar-refractivity contribution in [1.29, 1.82) is 0 Å². The first-order valence-corrected chi connectivity index (χ1v) is 5.57. The molecule has 0 amide bonds. The van der Waals surface area contributed by atoms with E-state index in [1.165, 1.54) is 0 Å². The number of rotatable bonds is 5. The maximum atomic E-state index is 11.3. The molecule has 0 saturated carbocycles. The van der Waals surface area contributed by atoms with Crippen molar-refractivity contribution >= 4 is 17.6 Å². The van der Waals surface area contributed by atoms with Crippen molar-refractivity contribution in [3.05, 3.63) is 16.7 Å². The van der Waals surface area contributed by atoms with Crippen LogP contribution in [0.1, 0.15) is 31.4 Å². The lowest BCUT2D eigenvalue weighted by Gasteiger charge is -2.25. The summed E-state index contributed by atoms with van der Waals surface area (Å²) in [6.07, 6.45) is 0. The number of likely N-dealkylation sites (N-methyl/N-ethyl adjacent to an activating group) is 1. The largest absolute Gasteiger partial charge is 0.480 e. The molecule has 0 bridgehead atoms. The lowest BCUT2D eigenvalue weighted by atomic mass is 10.2. The summed E-state index contributed by atoms with van der Waals surface area (Å²) in [5.41, 5.74) is 0.454. The monoisotopic (exact) mass is 245 g/mol. The number of aromatic amines is 1. The number of carboxylic acid groups (broad SMARTS) is 1. The highest BCUT2D eigenvalue weighted by molar-refractivity contribution is 6.30. The zero-order valence-electron chi connectivity index (χ0n) is 9.62. The minimum atomic E-state index is -0.922. The molecule has 0 aromatic carbocycles. The van der Waals surface area contributed by atoms with Gasteiger partial charge in [-0.15, -0.1) is 0 Å². The fourth-order valence-electron chi connectivity index (χ4n) is 1.71. The van der Waals surface area contributed by atoms with Crippen molar-refractivity contribution in [2.24, 2.45) is 0 Å². The molecular weight excluding hydrogens is 230 g/mol. The average molecular weight is 246 g/mol. The lowest BCUT2D eigenvalue weighted by molar-refractivity contribution is -0.143. The van der Waals surface area contributed by atoms with Crippen LogP contribution >= 0.6 is 11.6 Å². The van der Waals surface area contributed by atoms with Gasteiger partial charge in [0.15, 0.2) is 11.2 Å². The first-order valence-electron chi connectivity index (χ1n) is 5.20. The number of aryl methyl sites for hydroxylation is 1. The highest BCUT2D eigenvalue weighted by Gasteiger charge is 2.29. The van der Waals surface area contributed by atoms with Crippen LogP contribution in [-0.2, 0) is 4.79 Å². The van der Waals surface area contributed by atoms with Gasteiger partial charge in [0, 0.05) is 0 Å². The number of imidazole rings is 1. The van der Waals surface area contributed by atoms with Gasteiger partial charge in [0.1, 0.15) is 5.82 Å². The Hall–Kier alpha value is -1.07. The van der Waals surface area contributed by atoms with E-state index in [4.69, 9.17) is 11.6 Å². The van der Waals surface area contributed by atoms with E-state index >= 15 is 0 Å². The first kappa shape index (κ1) is 13.0. The van der Waals surface area contributed by atoms with Crippen LogP contribution in [-0.4, -0.2) is 39.0 Å². The van der Waals surface area contributed by atoms with Gasteiger partial charge in [-0.2, -0.15) is 0 Å². The number of hydrogen-bond acceptors (Lipinski definition) is 3. The fraction of sp³-hybridized carbons (Fsp3) is 0.600. The Morgan fingerprint density at radius 3 is 2.44 bits per heavy atom. The number of carbonyl (C=O) groups is 1. The summed E-state index contributed by atoms with van der Waals surface area (Å²) in [4.78, 5) is 20.0. The molecule has 0 aliphatic rings. The van der Waals surface area contributed by atoms with Gasteiger partial charge in [-0.3, -0.25) is 9.69 Å². The Labute approximate surface area is 99.4 Å². The number of H-pyrrole nitrogens is 1. The molecule has 0 fully saturated rings. The molecule has 16 heavy (non-hydrogen) atoms. The maximum Gasteiger partial charge on any atom is 0.327 e. The van der Waals surface area contributed by atoms with Crippen LogP contribution in [0, 0.1) is 6.92 Å². The number of aliphatic carboxylic acids is 1. The van der Waals surface area contributed by atoms with Gasteiger partial charge in [0.25, 0.3) is 0 Å². The molecule has 0 radical (unpaired) electrons. The third-order valence-electron chi connectivity index (χ3n) is 2.49. The van der Waals surface area contributed by atoms with E-state index in [1.54, 1.807) is 11.8 Å². The zero-order chi connectivity index (χ0) is 12.3. The van der Waals surface area contributed by atoms with Crippen molar-refractivity contribution in [3.63, 3.8) is 0 Å². The zero-order valence-corrected chi connectivity index (χ0v) is 10.4. The van der Waals surface area contributed by atoms with E-state index in [-0.39, 0.29) is 5.15 Å². The van der Waals surface area contributed by atoms with Crippen LogP contribution in [0.4, 0.5) is 0 Å². The summed E-state index contributed by atoms with van der Waals surface area (Å²) in [7, 11) is 0. The summed E-state index contributed by atoms with van der Waals surface area (Å²) in [5, 5.41) is 9.48. The molecule has 1 aromatic rings. The van der Waals surface area contributed by atoms with Crippen LogP contribution in [0.5, 0.6) is 0 Å². The van der Waals surface area contributed by atoms with E-state index in [0.717, 1.165) is 0 Å². The molecule has 6 heteroatoms. The Morgan fingerprint density at radius 2 is 2.12 bits per heavy atom. The smallest absolute Gasteiger partial charge is 0.327 e. The molecule has 90 valence electrons. The van der Waals surface area contributed by atoms with Gasteiger partial charge < -0.3 is 10.1 Å². The molecule has 0 saturated heterocycles. The fourth-order valence-corrected chi connectivity index (χ4v) is 1.99. The quantitative estimate of drug-likeness (QED) is 0.831. The molecule has 1 heterocycles. The minimum absolute atomic E-state index is 0.233. The summed E-state index contributed by atoms with van der Waals surface area (Å²) >= 11 is 5.91. The summed E-state index contributed by atoms with van der Waals surface area (Å²) in [5.74, 6) is -0.298. The number of aromatic nitrogens is 2. The third-order valence-corrected chi connectivity index (χ3v) is 2.78. The van der Waals surface area contributed by atoms with Crippen LogP contribution in [0.25, 0.3) is 0 Å². The van der Waals surface area contributed by atoms with E-state index in [2.05, 4.69) is 9.97 Å². The molecule has 5 nitrogen and oxygen atoms in total. The lowest BCUT2D eigenvalue weighted by Crippen LogP contribution is -2.34. The number of hydrogen-bond donors (Lipinski definition) is 2. The Morgan fingerprint density at radius 1 is 1.56 bits per heavy atom. The topological polar surface area (TPSA) is 69.2 Å². The second-order valence-corrected chi connectivity index (χ2v) is 3.85. The van der Waals surface area contributed by atoms with E-state index in [1.807, 2.05) is 13.8 Å². The molecule has 1 rings (SSSR count). The first-order chi connectivity index (χ1) is 7.51. The van der Waals surface area contributed by atoms with Gasteiger partial charge in [-0.25, -0.2) is 4.98 Å². The van der Waals surface area contributed by atoms with Crippen molar-refractivity contribution in [2.75, 3.05) is 13.1 Å². The third kappa shape index (κ3) is 2.54. The maximum absolute atomic E-state index is 11.3. The van der Waals surface area contributed by atoms with Gasteiger partial charge in [0.05, 0.1) is 5.69 Å². The van der Waals surface area contributed by atoms with Crippen LogP contribution in [0.15, 0.2) is 0 Å². The number of halogens is 1. The van der Waals surface area contributed by atoms with E-state index in [9.17, 15) is 9.90 Å². The molecule has 1 atom stereocenters. The average Bonchev–Trinajstić information content (AvgIpc) is 2.53.